The van der Waals surface area contributed by atoms with Crippen molar-refractivity contribution in [1.82, 2.24) is 0 Å². The fraction of sp³-hybridized carbons (Fsp3) is 0.350. The van der Waals surface area contributed by atoms with Crippen LogP contribution in [0.1, 0.15) is 22.2 Å². The Hall–Kier alpha value is -2.04. The second kappa shape index (κ2) is 10.5. The Morgan fingerprint density at radius 3 is 2.04 bits per heavy atom. The summed E-state index contributed by atoms with van der Waals surface area (Å²) in [6.07, 6.45) is -0.513. The summed E-state index contributed by atoms with van der Waals surface area (Å²) >= 11 is 2.14. The Morgan fingerprint density at radius 1 is 0.929 bits per heavy atom. The summed E-state index contributed by atoms with van der Waals surface area (Å²) < 4.78 is 33.0. The molecule has 0 spiro atoms. The predicted molar refractivity (Wildman–Crippen MR) is 112 cm³/mol. The summed E-state index contributed by atoms with van der Waals surface area (Å²) in [4.78, 5) is 12.7. The van der Waals surface area contributed by atoms with E-state index in [2.05, 4.69) is 22.6 Å². The molecule has 0 radical (unpaired) electrons. The van der Waals surface area contributed by atoms with Crippen LogP contribution in [0.15, 0.2) is 30.3 Å². The van der Waals surface area contributed by atoms with Crippen LogP contribution < -0.4 is 18.9 Å². The monoisotopic (exact) mass is 502 g/mol. The normalized spacial score (nSPS) is 10.7. The van der Waals surface area contributed by atoms with Crippen LogP contribution >= 0.6 is 22.6 Å². The van der Waals surface area contributed by atoms with Crippen LogP contribution in [-0.2, 0) is 9.47 Å². The van der Waals surface area contributed by atoms with Crippen LogP contribution in [0.2, 0.25) is 0 Å². The molecule has 0 aliphatic rings. The minimum atomic E-state index is -0.513. The number of ketones is 1. The van der Waals surface area contributed by atoms with Crippen LogP contribution in [0.3, 0.4) is 0 Å². The molecule has 28 heavy (non-hydrogen) atoms. The number of hydrogen-bond acceptors (Lipinski definition) is 7. The third-order valence-corrected chi connectivity index (χ3v) is 5.18. The summed E-state index contributed by atoms with van der Waals surface area (Å²) in [6.45, 7) is -0.150. The van der Waals surface area contributed by atoms with Gasteiger partial charge < -0.3 is 28.4 Å². The molecule has 2 aromatic rings. The van der Waals surface area contributed by atoms with Crippen LogP contribution in [0.4, 0.5) is 0 Å². The van der Waals surface area contributed by atoms with E-state index in [1.54, 1.807) is 32.4 Å². The molecule has 0 unspecified atom stereocenters. The number of rotatable bonds is 10. The Bertz CT molecular complexity index is 793. The molecule has 7 nitrogen and oxygen atoms in total. The average Bonchev–Trinajstić information content (AvgIpc) is 2.73. The number of Topliss-reactive ketones (excluding diaryl/α,β-unsaturated/α-hetero) is 1. The number of methoxy groups -OCH3 is 5. The molecule has 0 fully saturated rings. The van der Waals surface area contributed by atoms with E-state index in [0.29, 0.717) is 28.6 Å². The zero-order valence-electron chi connectivity index (χ0n) is 16.4. The summed E-state index contributed by atoms with van der Waals surface area (Å²) in [5, 5.41) is 0. The number of ether oxygens (including phenoxy) is 6. The summed E-state index contributed by atoms with van der Waals surface area (Å²) in [5.41, 5.74) is 1.22. The quantitative estimate of drug-likeness (QED) is 0.278. The van der Waals surface area contributed by atoms with Crippen molar-refractivity contribution in [2.24, 2.45) is 0 Å². The van der Waals surface area contributed by atoms with E-state index in [-0.39, 0.29) is 12.4 Å². The highest BCUT2D eigenvalue weighted by Crippen LogP contribution is 2.38. The van der Waals surface area contributed by atoms with Crippen molar-refractivity contribution < 1.29 is 33.2 Å². The van der Waals surface area contributed by atoms with Gasteiger partial charge in [-0.2, -0.15) is 0 Å². The molecule has 0 N–H and O–H groups in total. The van der Waals surface area contributed by atoms with E-state index in [1.807, 2.05) is 12.1 Å². The van der Waals surface area contributed by atoms with E-state index in [1.165, 1.54) is 21.3 Å². The van der Waals surface area contributed by atoms with Gasteiger partial charge in [0, 0.05) is 25.3 Å². The van der Waals surface area contributed by atoms with Crippen LogP contribution in [-0.4, -0.2) is 47.9 Å². The zero-order chi connectivity index (χ0) is 20.7. The molecule has 0 aliphatic carbocycles. The molecule has 2 rings (SSSR count). The number of carbonyl (C=O) groups is 1. The first kappa shape index (κ1) is 22.3. The molecular formula is C20H23IO7. The highest BCUT2D eigenvalue weighted by Gasteiger charge is 2.19. The SMILES string of the molecule is COc1cc(C(=O)COc2cccc(C(OC)OC)c2I)cc(OC)c1OC. The van der Waals surface area contributed by atoms with Crippen molar-refractivity contribution in [3.8, 4) is 23.0 Å². The highest BCUT2D eigenvalue weighted by atomic mass is 127. The topological polar surface area (TPSA) is 72.5 Å². The van der Waals surface area contributed by atoms with Crippen molar-refractivity contribution in [3.63, 3.8) is 0 Å². The van der Waals surface area contributed by atoms with Crippen molar-refractivity contribution >= 4 is 28.4 Å². The van der Waals surface area contributed by atoms with Gasteiger partial charge in [0.1, 0.15) is 5.75 Å². The van der Waals surface area contributed by atoms with Crippen LogP contribution in [0.25, 0.3) is 0 Å². The zero-order valence-corrected chi connectivity index (χ0v) is 18.6. The summed E-state index contributed by atoms with van der Waals surface area (Å²) in [7, 11) is 7.63. The van der Waals surface area contributed by atoms with Gasteiger partial charge in [-0.25, -0.2) is 0 Å². The van der Waals surface area contributed by atoms with E-state index < -0.39 is 6.29 Å². The molecule has 0 bridgehead atoms. The third-order valence-electron chi connectivity index (χ3n) is 4.02. The smallest absolute Gasteiger partial charge is 0.203 e. The number of hydrogen-bond donors (Lipinski definition) is 0. The first-order valence-corrected chi connectivity index (χ1v) is 9.38. The average molecular weight is 502 g/mol. The minimum Gasteiger partial charge on any atom is -0.493 e. The van der Waals surface area contributed by atoms with E-state index in [9.17, 15) is 4.79 Å². The molecule has 0 aromatic heterocycles. The maximum absolute atomic E-state index is 12.7. The van der Waals surface area contributed by atoms with E-state index >= 15 is 0 Å². The number of carbonyl (C=O) groups excluding carboxylic acids is 1. The van der Waals surface area contributed by atoms with Crippen molar-refractivity contribution in [2.45, 2.75) is 6.29 Å². The predicted octanol–water partition coefficient (Wildman–Crippen LogP) is 3.87. The molecule has 0 atom stereocenters. The Morgan fingerprint density at radius 2 is 1.54 bits per heavy atom. The lowest BCUT2D eigenvalue weighted by Crippen LogP contribution is -2.14. The Balaban J connectivity index is 2.22. The van der Waals surface area contributed by atoms with Crippen molar-refractivity contribution in [3.05, 3.63) is 45.0 Å². The van der Waals surface area contributed by atoms with Crippen LogP contribution in [0.5, 0.6) is 23.0 Å². The summed E-state index contributed by atoms with van der Waals surface area (Å²) in [5.74, 6) is 1.58. The van der Waals surface area contributed by atoms with Gasteiger partial charge in [-0.15, -0.1) is 0 Å². The van der Waals surface area contributed by atoms with Gasteiger partial charge in [-0.1, -0.05) is 12.1 Å². The first-order valence-electron chi connectivity index (χ1n) is 8.30. The lowest BCUT2D eigenvalue weighted by Gasteiger charge is -2.17. The number of halogens is 1. The standard InChI is InChI=1S/C20H23IO7/c1-23-16-9-12(10-17(24-2)19(16)25-3)14(22)11-28-15-8-6-7-13(18(15)21)20(26-4)27-5/h6-10,20H,11H2,1-5H3. The van der Waals surface area contributed by atoms with Gasteiger partial charge >= 0.3 is 0 Å². The Labute approximate surface area is 178 Å². The maximum Gasteiger partial charge on any atom is 0.203 e. The molecule has 0 heterocycles. The minimum absolute atomic E-state index is 0.150. The molecule has 0 saturated heterocycles. The lowest BCUT2D eigenvalue weighted by molar-refractivity contribution is -0.106. The van der Waals surface area contributed by atoms with Gasteiger partial charge in [0.15, 0.2) is 30.2 Å². The molecule has 8 heteroatoms. The maximum atomic E-state index is 12.7. The van der Waals surface area contributed by atoms with Gasteiger partial charge in [0.05, 0.1) is 24.9 Å². The van der Waals surface area contributed by atoms with Crippen molar-refractivity contribution in [2.75, 3.05) is 42.2 Å². The van der Waals surface area contributed by atoms with Gasteiger partial charge in [-0.05, 0) is 40.8 Å². The van der Waals surface area contributed by atoms with Crippen LogP contribution in [0, 0.1) is 3.57 Å². The largest absolute Gasteiger partial charge is 0.493 e. The summed E-state index contributed by atoms with van der Waals surface area (Å²) in [6, 6.07) is 8.69. The number of benzene rings is 2. The van der Waals surface area contributed by atoms with Gasteiger partial charge in [-0.3, -0.25) is 4.79 Å². The van der Waals surface area contributed by atoms with E-state index in [4.69, 9.17) is 28.4 Å². The molecule has 0 aliphatic heterocycles. The lowest BCUT2D eigenvalue weighted by atomic mass is 10.1. The third kappa shape index (κ3) is 4.86. The molecule has 0 amide bonds. The fourth-order valence-electron chi connectivity index (χ4n) is 2.64. The Kier molecular flexibility index (Phi) is 8.34. The molecule has 2 aromatic carbocycles. The van der Waals surface area contributed by atoms with Crippen molar-refractivity contribution in [1.29, 1.82) is 0 Å². The molecular weight excluding hydrogens is 479 g/mol. The van der Waals surface area contributed by atoms with Gasteiger partial charge in [0.25, 0.3) is 0 Å². The fourth-order valence-corrected chi connectivity index (χ4v) is 3.41. The molecule has 0 saturated carbocycles. The van der Waals surface area contributed by atoms with E-state index in [0.717, 1.165) is 9.13 Å². The second-order valence-corrected chi connectivity index (χ2v) is 6.67. The highest BCUT2D eigenvalue weighted by molar-refractivity contribution is 14.1. The van der Waals surface area contributed by atoms with Gasteiger partial charge in [0.2, 0.25) is 5.75 Å². The molecule has 152 valence electrons. The second-order valence-electron chi connectivity index (χ2n) is 5.59. The first-order chi connectivity index (χ1) is 13.5.